The summed E-state index contributed by atoms with van der Waals surface area (Å²) in [7, 11) is 0. The van der Waals surface area contributed by atoms with E-state index >= 15 is 0 Å². The van der Waals surface area contributed by atoms with Gasteiger partial charge in [0, 0.05) is 0 Å². The number of carboxylic acid groups (broad SMARTS) is 1. The summed E-state index contributed by atoms with van der Waals surface area (Å²) in [5.41, 5.74) is 6.30. The average Bonchev–Trinajstić information content (AvgIpc) is 2.06. The number of rotatable bonds is 3. The lowest BCUT2D eigenvalue weighted by Gasteiger charge is -2.04. The summed E-state index contributed by atoms with van der Waals surface area (Å²) >= 11 is 0. The molecular formula is C9H11NO2. The maximum absolute atomic E-state index is 10.4. The second kappa shape index (κ2) is 3.88. The summed E-state index contributed by atoms with van der Waals surface area (Å²) in [6.07, 6.45) is 0.385. The minimum absolute atomic E-state index is 0.385. The number of carboxylic acids is 1. The van der Waals surface area contributed by atoms with E-state index in [2.05, 4.69) is 0 Å². The van der Waals surface area contributed by atoms with Gasteiger partial charge in [-0.25, -0.2) is 0 Å². The number of hydrogen-bond acceptors (Lipinski definition) is 2. The van der Waals surface area contributed by atoms with Crippen molar-refractivity contribution in [3.05, 3.63) is 35.9 Å². The van der Waals surface area contributed by atoms with E-state index in [9.17, 15) is 4.79 Å². The van der Waals surface area contributed by atoms with Crippen LogP contribution in [0.25, 0.3) is 0 Å². The van der Waals surface area contributed by atoms with Crippen molar-refractivity contribution in [1.82, 2.24) is 0 Å². The van der Waals surface area contributed by atoms with Crippen molar-refractivity contribution >= 4 is 5.97 Å². The first-order valence-electron chi connectivity index (χ1n) is 3.72. The molecule has 1 aromatic carbocycles. The molecule has 3 nitrogen and oxygen atoms in total. The molecule has 0 aliphatic rings. The molecule has 0 radical (unpaired) electrons. The van der Waals surface area contributed by atoms with Gasteiger partial charge in [0.2, 0.25) is 0 Å². The molecule has 3 N–H and O–H groups in total. The van der Waals surface area contributed by atoms with Gasteiger partial charge in [-0.3, -0.25) is 4.79 Å². The smallest absolute Gasteiger partial charge is 0.320 e. The molecule has 0 amide bonds. The maximum atomic E-state index is 10.4. The van der Waals surface area contributed by atoms with E-state index in [1.807, 2.05) is 30.3 Å². The van der Waals surface area contributed by atoms with Crippen LogP contribution in [0.4, 0.5) is 0 Å². The van der Waals surface area contributed by atoms with E-state index < -0.39 is 12.0 Å². The Morgan fingerprint density at radius 2 is 2.00 bits per heavy atom. The zero-order chi connectivity index (χ0) is 8.97. The predicted molar refractivity (Wildman–Crippen MR) is 45.8 cm³/mol. The molecule has 0 saturated heterocycles. The third-order valence-electron chi connectivity index (χ3n) is 1.62. The van der Waals surface area contributed by atoms with Gasteiger partial charge in [0.05, 0.1) is 0 Å². The Morgan fingerprint density at radius 1 is 1.42 bits per heavy atom. The Bertz CT molecular complexity index is 258. The molecule has 0 aromatic heterocycles. The van der Waals surface area contributed by atoms with Crippen molar-refractivity contribution in [2.45, 2.75) is 12.5 Å². The molecular weight excluding hydrogens is 172 g/mol. The largest absolute Gasteiger partial charge is 0.480 e. The highest BCUT2D eigenvalue weighted by Gasteiger charge is 2.10. The Labute approximate surface area is 70.8 Å². The van der Waals surface area contributed by atoms with Crippen molar-refractivity contribution in [2.75, 3.05) is 0 Å². The normalized spacial score (nSPS) is 12.4. The van der Waals surface area contributed by atoms with Gasteiger partial charge in [0.15, 0.2) is 0 Å². The quantitative estimate of drug-likeness (QED) is 0.722. The molecule has 0 spiro atoms. The van der Waals surface area contributed by atoms with E-state index in [1.165, 1.54) is 0 Å². The second-order valence-corrected chi connectivity index (χ2v) is 2.63. The van der Waals surface area contributed by atoms with Crippen LogP contribution in [0.2, 0.25) is 0 Å². The van der Waals surface area contributed by atoms with Crippen LogP contribution in [-0.4, -0.2) is 17.1 Å². The van der Waals surface area contributed by atoms with E-state index in [1.54, 1.807) is 0 Å². The van der Waals surface area contributed by atoms with Crippen molar-refractivity contribution in [3.63, 3.8) is 0 Å². The Balaban J connectivity index is 2.58. The molecule has 64 valence electrons. The van der Waals surface area contributed by atoms with Crippen LogP contribution in [0.1, 0.15) is 5.56 Å². The SMILES string of the molecule is N[14C@@H]([14CH2][14c]1[14cH][14cH][14cH][14cH][14cH]1)[14C](=O)O. The van der Waals surface area contributed by atoms with Gasteiger partial charge >= 0.3 is 5.97 Å². The maximum Gasteiger partial charge on any atom is 0.320 e. The van der Waals surface area contributed by atoms with Crippen molar-refractivity contribution in [1.29, 1.82) is 0 Å². The summed E-state index contributed by atoms with van der Waals surface area (Å²) < 4.78 is 0. The fourth-order valence-corrected chi connectivity index (χ4v) is 0.955. The van der Waals surface area contributed by atoms with Gasteiger partial charge in [-0.2, -0.15) is 0 Å². The highest BCUT2D eigenvalue weighted by Crippen LogP contribution is 2.01. The van der Waals surface area contributed by atoms with Crippen LogP contribution in [0.3, 0.4) is 0 Å². The zero-order valence-corrected chi connectivity index (χ0v) is 6.60. The lowest BCUT2D eigenvalue weighted by molar-refractivity contribution is -0.138. The van der Waals surface area contributed by atoms with E-state index in [4.69, 9.17) is 10.8 Å². The molecule has 12 heavy (non-hydrogen) atoms. The van der Waals surface area contributed by atoms with Gasteiger partial charge in [0.1, 0.15) is 6.04 Å². The number of carbonyl (C=O) groups is 1. The Kier molecular flexibility index (Phi) is 2.82. The monoisotopic (exact) mass is 183 g/mol. The summed E-state index contributed by atoms with van der Waals surface area (Å²) in [5.74, 6) is -0.959. The second-order valence-electron chi connectivity index (χ2n) is 2.63. The van der Waals surface area contributed by atoms with Crippen molar-refractivity contribution in [3.8, 4) is 0 Å². The summed E-state index contributed by atoms with van der Waals surface area (Å²) in [6.45, 7) is 0. The summed E-state index contributed by atoms with van der Waals surface area (Å²) in [5, 5.41) is 8.52. The van der Waals surface area contributed by atoms with Crippen LogP contribution in [0, 0.1) is 0 Å². The number of benzene rings is 1. The highest BCUT2D eigenvalue weighted by molar-refractivity contribution is 5.73. The molecule has 1 rings (SSSR count). The zero-order valence-electron chi connectivity index (χ0n) is 6.60. The van der Waals surface area contributed by atoms with E-state index in [0.29, 0.717) is 6.42 Å². The Morgan fingerprint density at radius 3 is 2.50 bits per heavy atom. The number of nitrogens with two attached hydrogens (primary N) is 1. The topological polar surface area (TPSA) is 63.3 Å². The minimum Gasteiger partial charge on any atom is -0.480 e. The fraction of sp³-hybridized carbons (Fsp3) is 0.222. The lowest BCUT2D eigenvalue weighted by atomic mass is 12.0. The van der Waals surface area contributed by atoms with Crippen LogP contribution < -0.4 is 5.73 Å². The van der Waals surface area contributed by atoms with Gasteiger partial charge in [-0.05, 0) is 12.0 Å². The third-order valence-corrected chi connectivity index (χ3v) is 1.62. The lowest BCUT2D eigenvalue weighted by Crippen LogP contribution is -2.32. The predicted octanol–water partition coefficient (Wildman–Crippen LogP) is 0.641. The molecule has 1 aromatic rings. The molecule has 3 heteroatoms. The first-order chi connectivity index (χ1) is 5.70. The van der Waals surface area contributed by atoms with Crippen molar-refractivity contribution in [2.24, 2.45) is 5.73 Å². The first-order valence-corrected chi connectivity index (χ1v) is 3.72. The average molecular weight is 183 g/mol. The van der Waals surface area contributed by atoms with E-state index in [0.717, 1.165) is 5.56 Å². The first kappa shape index (κ1) is 8.74. The summed E-state index contributed by atoms with van der Waals surface area (Å²) in [6, 6.07) is 8.54. The Hall–Kier alpha value is -1.35. The molecule has 0 bridgehead atoms. The minimum atomic E-state index is -0.959. The molecule has 0 heterocycles. The summed E-state index contributed by atoms with van der Waals surface area (Å²) in [4.78, 5) is 10.4. The van der Waals surface area contributed by atoms with Crippen molar-refractivity contribution < 1.29 is 9.90 Å². The molecule has 0 fully saturated rings. The fourth-order valence-electron chi connectivity index (χ4n) is 0.955. The number of aliphatic carboxylic acids is 1. The van der Waals surface area contributed by atoms with Crippen LogP contribution >= 0.6 is 0 Å². The number of hydrogen-bond donors (Lipinski definition) is 2. The molecule has 0 aliphatic heterocycles. The van der Waals surface area contributed by atoms with Crippen LogP contribution in [0.15, 0.2) is 30.3 Å². The van der Waals surface area contributed by atoms with E-state index in [-0.39, 0.29) is 0 Å². The third kappa shape index (κ3) is 2.36. The molecule has 0 aliphatic carbocycles. The van der Waals surface area contributed by atoms with Gasteiger partial charge in [-0.1, -0.05) is 30.3 Å². The van der Waals surface area contributed by atoms with Gasteiger partial charge in [0.25, 0.3) is 0 Å². The van der Waals surface area contributed by atoms with Gasteiger partial charge in [-0.15, -0.1) is 0 Å². The van der Waals surface area contributed by atoms with Crippen LogP contribution in [0.5, 0.6) is 0 Å². The highest BCUT2D eigenvalue weighted by atomic mass is 16.7. The molecule has 1 atom stereocenters. The molecule has 0 saturated carbocycles. The standard InChI is InChI=1S/C9H11NO2/c10-8(9(11)12)6-7-4-2-1-3-5-7/h1-5,8H,6,10H2,(H,11,12)/t8-/m0/s1/i1+2,2+2,3+2,4+2,5+2,6+2,7+2,8+2,9+2. The van der Waals surface area contributed by atoms with Crippen LogP contribution in [-0.2, 0) is 11.2 Å². The molecule has 0 unspecified atom stereocenters. The van der Waals surface area contributed by atoms with Gasteiger partial charge < -0.3 is 10.8 Å².